The minimum Gasteiger partial charge on any atom is -0.483 e. The van der Waals surface area contributed by atoms with Gasteiger partial charge in [-0.1, -0.05) is 41.4 Å². The number of anilines is 1. The first-order chi connectivity index (χ1) is 14.4. The lowest BCUT2D eigenvalue weighted by Gasteiger charge is -2.21. The summed E-state index contributed by atoms with van der Waals surface area (Å²) in [7, 11) is 0. The minimum atomic E-state index is -1.17. The first-order valence-corrected chi connectivity index (χ1v) is 9.33. The number of carboxylic acid groups (broad SMARTS) is 1. The third kappa shape index (κ3) is 4.81. The van der Waals surface area contributed by atoms with E-state index in [1.54, 1.807) is 42.5 Å². The number of halogens is 2. The maximum atomic E-state index is 12.7. The molecular weight excluding hydrogens is 431 g/mol. The predicted octanol–water partition coefficient (Wildman–Crippen LogP) is 4.71. The first kappa shape index (κ1) is 21.4. The molecule has 7 nitrogen and oxygen atoms in total. The van der Waals surface area contributed by atoms with E-state index in [9.17, 15) is 14.7 Å². The SMILES string of the molecule is N#CCON(C(=O)COc1cc(C(=O)O)cc2cc(Cl)cc(Cl)c12)c1ccccc1. The molecule has 3 rings (SSSR count). The number of fused-ring (bicyclic) bond motifs is 1. The molecule has 1 amide bonds. The molecule has 0 bridgehead atoms. The monoisotopic (exact) mass is 444 g/mol. The van der Waals surface area contributed by atoms with Crippen molar-refractivity contribution in [1.82, 2.24) is 0 Å². The van der Waals surface area contributed by atoms with Crippen molar-refractivity contribution in [3.8, 4) is 11.8 Å². The molecule has 152 valence electrons. The van der Waals surface area contributed by atoms with Crippen molar-refractivity contribution < 1.29 is 24.3 Å². The van der Waals surface area contributed by atoms with Gasteiger partial charge in [0.25, 0.3) is 5.91 Å². The van der Waals surface area contributed by atoms with Crippen LogP contribution in [0.3, 0.4) is 0 Å². The van der Waals surface area contributed by atoms with Crippen molar-refractivity contribution >= 4 is 51.5 Å². The Morgan fingerprint density at radius 3 is 2.50 bits per heavy atom. The summed E-state index contributed by atoms with van der Waals surface area (Å²) in [6, 6.07) is 16.0. The van der Waals surface area contributed by atoms with Crippen molar-refractivity contribution in [2.75, 3.05) is 18.3 Å². The molecule has 0 saturated heterocycles. The lowest BCUT2D eigenvalue weighted by molar-refractivity contribution is -0.127. The Balaban J connectivity index is 1.92. The van der Waals surface area contributed by atoms with Crippen LogP contribution in [0.4, 0.5) is 5.69 Å². The number of rotatable bonds is 7. The summed E-state index contributed by atoms with van der Waals surface area (Å²) in [6.45, 7) is -0.833. The number of carboxylic acids is 1. The van der Waals surface area contributed by atoms with Gasteiger partial charge in [-0.3, -0.25) is 9.63 Å². The van der Waals surface area contributed by atoms with Crippen LogP contribution in [0.25, 0.3) is 10.8 Å². The molecule has 0 heterocycles. The van der Waals surface area contributed by atoms with Crippen LogP contribution < -0.4 is 9.80 Å². The maximum Gasteiger partial charge on any atom is 0.335 e. The molecule has 3 aromatic rings. The van der Waals surface area contributed by atoms with Gasteiger partial charge in [0.1, 0.15) is 5.75 Å². The molecule has 9 heteroatoms. The first-order valence-electron chi connectivity index (χ1n) is 8.57. The van der Waals surface area contributed by atoms with Gasteiger partial charge in [-0.15, -0.1) is 0 Å². The maximum absolute atomic E-state index is 12.7. The number of aromatic carboxylic acids is 1. The van der Waals surface area contributed by atoms with E-state index < -0.39 is 18.5 Å². The van der Waals surface area contributed by atoms with Crippen LogP contribution in [0.1, 0.15) is 10.4 Å². The number of hydrogen-bond donors (Lipinski definition) is 1. The Morgan fingerprint density at radius 2 is 1.83 bits per heavy atom. The number of nitriles is 1. The predicted molar refractivity (Wildman–Crippen MR) is 112 cm³/mol. The second kappa shape index (κ2) is 9.46. The Labute approximate surface area is 181 Å². The summed E-state index contributed by atoms with van der Waals surface area (Å²) in [5, 5.41) is 20.6. The van der Waals surface area contributed by atoms with Crippen LogP contribution in [0.2, 0.25) is 10.0 Å². The molecule has 1 N–H and O–H groups in total. The van der Waals surface area contributed by atoms with Crippen LogP contribution >= 0.6 is 23.2 Å². The normalized spacial score (nSPS) is 10.4. The lowest BCUT2D eigenvalue weighted by atomic mass is 10.1. The van der Waals surface area contributed by atoms with Crippen LogP contribution in [0, 0.1) is 11.3 Å². The van der Waals surface area contributed by atoms with Gasteiger partial charge in [-0.2, -0.15) is 10.3 Å². The van der Waals surface area contributed by atoms with Crippen LogP contribution in [0.5, 0.6) is 5.75 Å². The largest absolute Gasteiger partial charge is 0.483 e. The second-order valence-corrected chi connectivity index (χ2v) is 6.85. The van der Waals surface area contributed by atoms with Crippen LogP contribution in [-0.4, -0.2) is 30.2 Å². The fourth-order valence-corrected chi connectivity index (χ4v) is 3.37. The Morgan fingerprint density at radius 1 is 1.10 bits per heavy atom. The third-order valence-corrected chi connectivity index (χ3v) is 4.52. The molecule has 3 aromatic carbocycles. The molecular formula is C21H14Cl2N2O5. The van der Waals surface area contributed by atoms with E-state index in [1.165, 1.54) is 18.2 Å². The van der Waals surface area contributed by atoms with Crippen molar-refractivity contribution in [2.24, 2.45) is 0 Å². The van der Waals surface area contributed by atoms with E-state index in [-0.39, 0.29) is 22.9 Å². The van der Waals surface area contributed by atoms with Crippen LogP contribution in [0.15, 0.2) is 54.6 Å². The zero-order chi connectivity index (χ0) is 21.7. The average molecular weight is 445 g/mol. The van der Waals surface area contributed by atoms with Gasteiger partial charge >= 0.3 is 5.97 Å². The average Bonchev–Trinajstić information content (AvgIpc) is 2.72. The van der Waals surface area contributed by atoms with Crippen molar-refractivity contribution in [3.63, 3.8) is 0 Å². The third-order valence-electron chi connectivity index (χ3n) is 4.00. The summed E-state index contributed by atoms with van der Waals surface area (Å²) in [5.74, 6) is -1.67. The highest BCUT2D eigenvalue weighted by molar-refractivity contribution is 6.39. The summed E-state index contributed by atoms with van der Waals surface area (Å²) >= 11 is 12.3. The van der Waals surface area contributed by atoms with E-state index in [0.717, 1.165) is 5.06 Å². The van der Waals surface area contributed by atoms with Gasteiger partial charge in [0.05, 0.1) is 22.3 Å². The van der Waals surface area contributed by atoms with E-state index in [4.69, 9.17) is 38.0 Å². The minimum absolute atomic E-state index is 0.0519. The van der Waals surface area contributed by atoms with E-state index in [1.807, 2.05) is 0 Å². The topological polar surface area (TPSA) is 99.9 Å². The van der Waals surface area contributed by atoms with Gasteiger partial charge in [0.15, 0.2) is 13.2 Å². The molecule has 0 radical (unpaired) electrons. The molecule has 0 aromatic heterocycles. The Kier molecular flexibility index (Phi) is 6.75. The second-order valence-electron chi connectivity index (χ2n) is 6.01. The molecule has 0 unspecified atom stereocenters. The fraction of sp³-hybridized carbons (Fsp3) is 0.0952. The van der Waals surface area contributed by atoms with Gasteiger partial charge in [0, 0.05) is 10.4 Å². The molecule has 0 fully saturated rings. The summed E-state index contributed by atoms with van der Waals surface area (Å²) in [4.78, 5) is 29.4. The van der Waals surface area contributed by atoms with Crippen molar-refractivity contribution in [3.05, 3.63) is 70.2 Å². The lowest BCUT2D eigenvalue weighted by Crippen LogP contribution is -2.35. The Hall–Kier alpha value is -3.31. The number of hydrogen-bond acceptors (Lipinski definition) is 5. The van der Waals surface area contributed by atoms with Gasteiger partial charge in [0.2, 0.25) is 0 Å². The van der Waals surface area contributed by atoms with Crippen LogP contribution in [-0.2, 0) is 9.63 Å². The smallest absolute Gasteiger partial charge is 0.335 e. The number of ether oxygens (including phenoxy) is 1. The highest BCUT2D eigenvalue weighted by Gasteiger charge is 2.20. The van der Waals surface area contributed by atoms with Crippen molar-refractivity contribution in [1.29, 1.82) is 5.26 Å². The molecule has 30 heavy (non-hydrogen) atoms. The van der Waals surface area contributed by atoms with Crippen molar-refractivity contribution in [2.45, 2.75) is 0 Å². The van der Waals surface area contributed by atoms with Gasteiger partial charge < -0.3 is 9.84 Å². The molecule has 0 atom stereocenters. The zero-order valence-corrected chi connectivity index (χ0v) is 16.9. The number of hydroxylamine groups is 1. The Bertz CT molecular complexity index is 1150. The van der Waals surface area contributed by atoms with Gasteiger partial charge in [-0.25, -0.2) is 4.79 Å². The molecule has 0 spiro atoms. The molecule has 0 aliphatic heterocycles. The zero-order valence-electron chi connectivity index (χ0n) is 15.3. The number of benzene rings is 3. The molecule has 0 aliphatic carbocycles. The number of carbonyl (C=O) groups is 2. The quantitative estimate of drug-likeness (QED) is 0.529. The summed E-state index contributed by atoms with van der Waals surface area (Å²) in [5.41, 5.74) is 0.360. The van der Waals surface area contributed by atoms with Gasteiger partial charge in [-0.05, 0) is 41.8 Å². The molecule has 0 saturated carbocycles. The number of para-hydroxylation sites is 1. The highest BCUT2D eigenvalue weighted by atomic mass is 35.5. The standard InChI is InChI=1S/C21H14Cl2N2O5/c22-15-9-13-8-14(21(27)28)10-18(20(13)17(23)11-15)29-12-19(26)25(30-7-6-24)16-4-2-1-3-5-16/h1-5,8-11H,7,12H2,(H,27,28). The molecule has 0 aliphatic rings. The van der Waals surface area contributed by atoms with E-state index in [0.29, 0.717) is 21.5 Å². The summed E-state index contributed by atoms with van der Waals surface area (Å²) < 4.78 is 5.63. The fourth-order valence-electron chi connectivity index (χ4n) is 2.77. The highest BCUT2D eigenvalue weighted by Crippen LogP contribution is 2.36. The van der Waals surface area contributed by atoms with E-state index in [2.05, 4.69) is 0 Å². The number of carbonyl (C=O) groups excluding carboxylic acids is 1. The summed E-state index contributed by atoms with van der Waals surface area (Å²) in [6.07, 6.45) is 0. The van der Waals surface area contributed by atoms with E-state index >= 15 is 0 Å². The number of nitrogens with zero attached hydrogens (tertiary/aromatic N) is 2. The number of amides is 1.